The molecule has 6 aromatic carbocycles. The van der Waals surface area contributed by atoms with Gasteiger partial charge in [-0.2, -0.15) is 0 Å². The molecule has 0 amide bonds. The first-order valence-electron chi connectivity index (χ1n) is 14.3. The van der Waals surface area contributed by atoms with Crippen molar-refractivity contribution in [2.45, 2.75) is 11.6 Å². The third kappa shape index (κ3) is 3.62. The summed E-state index contributed by atoms with van der Waals surface area (Å²) in [4.78, 5) is 0. The van der Waals surface area contributed by atoms with E-state index in [-0.39, 0.29) is 0 Å². The molecule has 1 saturated heterocycles. The second-order valence-corrected chi connectivity index (χ2v) is 11.4. The zero-order valence-electron chi connectivity index (χ0n) is 22.8. The fourth-order valence-electron chi connectivity index (χ4n) is 6.97. The lowest BCUT2D eigenvalue weighted by molar-refractivity contribution is -0.489. The lowest BCUT2D eigenvalue weighted by atomic mass is 9.60. The molecule has 2 atom stereocenters. The highest BCUT2D eigenvalue weighted by Crippen LogP contribution is 2.55. The average molecular weight is 564 g/mol. The van der Waals surface area contributed by atoms with Gasteiger partial charge in [-0.15, -0.1) is 0 Å². The van der Waals surface area contributed by atoms with E-state index >= 15 is 0 Å². The first kappa shape index (κ1) is 25.1. The first-order chi connectivity index (χ1) is 20.7. The van der Waals surface area contributed by atoms with Gasteiger partial charge in [0.1, 0.15) is 12.3 Å². The van der Waals surface area contributed by atoms with Crippen molar-refractivity contribution in [1.29, 1.82) is 0 Å². The van der Waals surface area contributed by atoms with E-state index in [0.717, 1.165) is 44.2 Å². The molecule has 0 aromatic heterocycles. The Hall–Kier alpha value is -4.64. The molecule has 1 fully saturated rings. The molecule has 0 saturated carbocycles. The molecule has 2 heterocycles. The summed E-state index contributed by atoms with van der Waals surface area (Å²) in [6, 6.07) is 52.4. The number of benzene rings is 6. The van der Waals surface area contributed by atoms with Crippen LogP contribution in [0.5, 0.6) is 5.75 Å². The summed E-state index contributed by atoms with van der Waals surface area (Å²) >= 11 is 6.41. The van der Waals surface area contributed by atoms with Gasteiger partial charge in [-0.05, 0) is 34.5 Å². The molecular formula is C37H27BClNO2. The van der Waals surface area contributed by atoms with Crippen LogP contribution in [0, 0.1) is 0 Å². The minimum atomic E-state index is -2.24. The Morgan fingerprint density at radius 3 is 1.88 bits per heavy atom. The molecule has 0 aliphatic carbocycles. The van der Waals surface area contributed by atoms with E-state index in [2.05, 4.69) is 132 Å². The van der Waals surface area contributed by atoms with Gasteiger partial charge in [0.25, 0.3) is 0 Å². The van der Waals surface area contributed by atoms with Crippen molar-refractivity contribution < 1.29 is 13.8 Å². The van der Waals surface area contributed by atoms with Gasteiger partial charge < -0.3 is 13.8 Å². The van der Waals surface area contributed by atoms with Gasteiger partial charge in [-0.25, -0.2) is 0 Å². The van der Waals surface area contributed by atoms with E-state index < -0.39 is 18.3 Å². The summed E-state index contributed by atoms with van der Waals surface area (Å²) in [5, 5.41) is 2.96. The maximum absolute atomic E-state index is 7.45. The second kappa shape index (κ2) is 9.73. The van der Waals surface area contributed by atoms with Crippen LogP contribution in [-0.2, 0) is 10.2 Å². The monoisotopic (exact) mass is 563 g/mol. The Morgan fingerprint density at radius 2 is 1.21 bits per heavy atom. The zero-order valence-corrected chi connectivity index (χ0v) is 23.6. The molecule has 2 aliphatic heterocycles. The lowest BCUT2D eigenvalue weighted by Gasteiger charge is -2.41. The molecule has 6 aromatic rings. The molecule has 5 heteroatoms. The van der Waals surface area contributed by atoms with Crippen molar-refractivity contribution in [2.75, 3.05) is 0 Å². The van der Waals surface area contributed by atoms with Crippen LogP contribution < -0.4 is 10.1 Å². The van der Waals surface area contributed by atoms with Crippen LogP contribution in [0.25, 0.3) is 10.8 Å². The Kier molecular flexibility index (Phi) is 5.82. The van der Waals surface area contributed by atoms with Crippen molar-refractivity contribution in [3.05, 3.63) is 179 Å². The molecule has 0 spiro atoms. The second-order valence-electron chi connectivity index (χ2n) is 11.0. The first-order valence-corrected chi connectivity index (χ1v) is 14.7. The third-order valence-corrected chi connectivity index (χ3v) is 9.03. The molecule has 0 N–H and O–H groups in total. The Bertz CT molecular complexity index is 1910. The van der Waals surface area contributed by atoms with E-state index in [4.69, 9.17) is 20.9 Å². The van der Waals surface area contributed by atoms with E-state index in [0.29, 0.717) is 5.02 Å². The fraction of sp³-hybridized carbons (Fsp3) is 0.0541. The Balaban J connectivity index is 1.54. The van der Waals surface area contributed by atoms with Crippen LogP contribution in [0.15, 0.2) is 152 Å². The summed E-state index contributed by atoms with van der Waals surface area (Å²) in [5.41, 5.74) is 4.49. The molecule has 3 nitrogen and oxygen atoms in total. The number of rotatable bonds is 4. The zero-order chi connectivity index (χ0) is 28.1. The number of halogens is 1. The smallest absolute Gasteiger partial charge is 0.626 e. The summed E-state index contributed by atoms with van der Waals surface area (Å²) in [6.07, 6.45) is 1.87. The average Bonchev–Trinajstić information content (AvgIpc) is 3.37. The van der Waals surface area contributed by atoms with E-state index in [1.165, 1.54) is 0 Å². The quantitative estimate of drug-likeness (QED) is 0.204. The van der Waals surface area contributed by atoms with Gasteiger partial charge in [-0.3, -0.25) is 0 Å². The van der Waals surface area contributed by atoms with Gasteiger partial charge in [-0.1, -0.05) is 151 Å². The summed E-state index contributed by atoms with van der Waals surface area (Å²) in [5.74, 6) is 0.795. The minimum Gasteiger partial charge on any atom is -0.630 e. The highest BCUT2D eigenvalue weighted by Gasteiger charge is 2.69. The predicted octanol–water partition coefficient (Wildman–Crippen LogP) is 7.88. The Labute approximate surface area is 250 Å². The number of hydrogen-bond acceptors (Lipinski definition) is 2. The maximum Gasteiger partial charge on any atom is 0.626 e. The van der Waals surface area contributed by atoms with Gasteiger partial charge in [0.05, 0.1) is 11.3 Å². The standard InChI is InChI=1S/C37H27BClNO2/c39-32-23-21-31(22-24-32)38-40(26-34-33-19-11-10-12-27(33)20-25-35(34)41-38)37(29-15-6-2-7-16-29,30-17-8-3-9-18-30)36(42-38)28-13-4-1-5-14-28/h1-26,36H/t36-,38?/m1/s1. The van der Waals surface area contributed by atoms with Gasteiger partial charge in [0.15, 0.2) is 5.54 Å². The maximum atomic E-state index is 7.45. The number of nitrogens with zero attached hydrogens (tertiary/aromatic N) is 1. The van der Waals surface area contributed by atoms with Crippen molar-refractivity contribution in [1.82, 2.24) is 0 Å². The largest absolute Gasteiger partial charge is 0.630 e. The highest BCUT2D eigenvalue weighted by molar-refractivity contribution is 6.76. The topological polar surface area (TPSA) is 21.5 Å². The van der Waals surface area contributed by atoms with Crippen LogP contribution in [0.1, 0.15) is 28.4 Å². The highest BCUT2D eigenvalue weighted by atomic mass is 35.5. The number of hydrogen-bond donors (Lipinski definition) is 0. The van der Waals surface area contributed by atoms with Gasteiger partial charge >= 0.3 is 6.69 Å². The molecule has 42 heavy (non-hydrogen) atoms. The fourth-order valence-corrected chi connectivity index (χ4v) is 7.10. The van der Waals surface area contributed by atoms with Crippen LogP contribution in [-0.4, -0.2) is 17.4 Å². The van der Waals surface area contributed by atoms with Gasteiger partial charge in [0, 0.05) is 16.1 Å². The minimum absolute atomic E-state index is 0.406. The third-order valence-electron chi connectivity index (χ3n) is 8.78. The summed E-state index contributed by atoms with van der Waals surface area (Å²) < 4.78 is 17.0. The predicted molar refractivity (Wildman–Crippen MR) is 171 cm³/mol. The van der Waals surface area contributed by atoms with Crippen LogP contribution >= 0.6 is 11.6 Å². The molecule has 2 aliphatic rings. The molecule has 1 unspecified atom stereocenters. The van der Waals surface area contributed by atoms with Gasteiger partial charge in [0.2, 0.25) is 0 Å². The van der Waals surface area contributed by atoms with E-state index in [9.17, 15) is 0 Å². The molecular weight excluding hydrogens is 537 g/mol. The van der Waals surface area contributed by atoms with Crippen molar-refractivity contribution in [3.8, 4) is 5.75 Å². The summed E-state index contributed by atoms with van der Waals surface area (Å²) in [7, 11) is 0. The van der Waals surface area contributed by atoms with Crippen LogP contribution in [0.4, 0.5) is 0 Å². The van der Waals surface area contributed by atoms with Crippen LogP contribution in [0.2, 0.25) is 5.02 Å². The van der Waals surface area contributed by atoms with Crippen LogP contribution in [0.3, 0.4) is 0 Å². The van der Waals surface area contributed by atoms with Crippen molar-refractivity contribution in [3.63, 3.8) is 0 Å². The van der Waals surface area contributed by atoms with Crippen molar-refractivity contribution in [2.24, 2.45) is 0 Å². The molecule has 202 valence electrons. The number of fused-ring (bicyclic) bond motifs is 4. The summed E-state index contributed by atoms with van der Waals surface area (Å²) in [6.45, 7) is -2.24. The van der Waals surface area contributed by atoms with E-state index in [1.807, 2.05) is 30.3 Å². The molecule has 8 rings (SSSR count). The SMILES string of the molecule is Clc1ccc([B-]23Oc4ccc5ccccc5c4C=[N+]2C(c2ccccc2)(c2ccccc2)[C@@H](c2ccccc2)O3)cc1. The normalized spacial score (nSPS) is 20.3. The lowest BCUT2D eigenvalue weighted by Crippen LogP contribution is -2.65. The Morgan fingerprint density at radius 1 is 0.619 bits per heavy atom. The molecule has 0 radical (unpaired) electrons. The van der Waals surface area contributed by atoms with E-state index in [1.54, 1.807) is 0 Å². The molecule has 0 bridgehead atoms. The van der Waals surface area contributed by atoms with Crippen molar-refractivity contribution >= 4 is 40.7 Å².